The zero-order chi connectivity index (χ0) is 14.8. The standard InChI is InChI=1S/C14H11ClFIN4/c15-3-1-14-20-12-6-11(17)10(16)5-13(12)21(14)7-9-2-4-18-8-19-9/h2,4-6,8H,1,3,7H2. The Bertz CT molecular complexity index is 775. The van der Waals surface area contributed by atoms with E-state index in [2.05, 4.69) is 15.0 Å². The Morgan fingerprint density at radius 3 is 2.90 bits per heavy atom. The van der Waals surface area contributed by atoms with Gasteiger partial charge in [0.15, 0.2) is 0 Å². The van der Waals surface area contributed by atoms with Gasteiger partial charge in [-0.1, -0.05) is 0 Å². The van der Waals surface area contributed by atoms with Crippen molar-refractivity contribution in [3.63, 3.8) is 0 Å². The van der Waals surface area contributed by atoms with E-state index in [4.69, 9.17) is 11.6 Å². The summed E-state index contributed by atoms with van der Waals surface area (Å²) in [5.74, 6) is 1.05. The number of benzene rings is 1. The van der Waals surface area contributed by atoms with Crippen LogP contribution in [-0.2, 0) is 13.0 Å². The van der Waals surface area contributed by atoms with Crippen molar-refractivity contribution in [2.24, 2.45) is 0 Å². The minimum atomic E-state index is -0.246. The number of hydrogen-bond donors (Lipinski definition) is 0. The number of imidazole rings is 1. The lowest BCUT2D eigenvalue weighted by Crippen LogP contribution is -2.07. The quantitative estimate of drug-likeness (QED) is 0.484. The molecular formula is C14H11ClFIN4. The smallest absolute Gasteiger partial charge is 0.138 e. The van der Waals surface area contributed by atoms with Gasteiger partial charge >= 0.3 is 0 Å². The molecule has 0 radical (unpaired) electrons. The molecule has 0 bridgehead atoms. The Hall–Kier alpha value is -1.28. The largest absolute Gasteiger partial charge is 0.322 e. The fraction of sp³-hybridized carbons (Fsp3) is 0.214. The van der Waals surface area contributed by atoms with Gasteiger partial charge in [0.1, 0.15) is 18.0 Å². The number of nitrogens with zero attached hydrogens (tertiary/aromatic N) is 4. The van der Waals surface area contributed by atoms with Gasteiger partial charge in [-0.05, 0) is 34.7 Å². The summed E-state index contributed by atoms with van der Waals surface area (Å²) in [7, 11) is 0. The molecule has 3 aromatic rings. The van der Waals surface area contributed by atoms with Crippen molar-refractivity contribution >= 4 is 45.2 Å². The Labute approximate surface area is 139 Å². The van der Waals surface area contributed by atoms with Crippen molar-refractivity contribution in [1.82, 2.24) is 19.5 Å². The Balaban J connectivity index is 2.13. The minimum absolute atomic E-state index is 0.246. The molecule has 0 saturated heterocycles. The van der Waals surface area contributed by atoms with Crippen LogP contribution in [0.1, 0.15) is 11.5 Å². The summed E-state index contributed by atoms with van der Waals surface area (Å²) in [5, 5.41) is 0. The Morgan fingerprint density at radius 1 is 1.33 bits per heavy atom. The van der Waals surface area contributed by atoms with Gasteiger partial charge < -0.3 is 4.57 Å². The van der Waals surface area contributed by atoms with E-state index in [1.54, 1.807) is 12.3 Å². The van der Waals surface area contributed by atoms with Crippen molar-refractivity contribution in [3.05, 3.63) is 51.6 Å². The number of fused-ring (bicyclic) bond motifs is 1. The Morgan fingerprint density at radius 2 is 2.19 bits per heavy atom. The van der Waals surface area contributed by atoms with E-state index in [1.807, 2.05) is 33.2 Å². The maximum atomic E-state index is 13.9. The second-order valence-corrected chi connectivity index (χ2v) is 6.05. The first-order valence-corrected chi connectivity index (χ1v) is 7.95. The first kappa shape index (κ1) is 14.6. The molecule has 0 fully saturated rings. The van der Waals surface area contributed by atoms with Crippen LogP contribution in [0.4, 0.5) is 4.39 Å². The van der Waals surface area contributed by atoms with Gasteiger partial charge in [-0.15, -0.1) is 11.6 Å². The second-order valence-electron chi connectivity index (χ2n) is 4.51. The molecule has 0 aliphatic rings. The number of rotatable bonds is 4. The van der Waals surface area contributed by atoms with Gasteiger partial charge in [-0.3, -0.25) is 0 Å². The highest BCUT2D eigenvalue weighted by molar-refractivity contribution is 14.1. The topological polar surface area (TPSA) is 43.6 Å². The monoisotopic (exact) mass is 416 g/mol. The summed E-state index contributed by atoms with van der Waals surface area (Å²) in [6.07, 6.45) is 3.81. The van der Waals surface area contributed by atoms with Gasteiger partial charge in [0.25, 0.3) is 0 Å². The van der Waals surface area contributed by atoms with Crippen LogP contribution in [0, 0.1) is 9.39 Å². The highest BCUT2D eigenvalue weighted by Crippen LogP contribution is 2.23. The highest BCUT2D eigenvalue weighted by Gasteiger charge is 2.14. The van der Waals surface area contributed by atoms with Gasteiger partial charge in [0.05, 0.1) is 26.8 Å². The Kier molecular flexibility index (Phi) is 4.34. The number of aryl methyl sites for hydroxylation is 1. The molecular weight excluding hydrogens is 406 g/mol. The summed E-state index contributed by atoms with van der Waals surface area (Å²) in [4.78, 5) is 12.7. The number of aromatic nitrogens is 4. The molecule has 2 heterocycles. The molecule has 1 aromatic carbocycles. The number of hydrogen-bond acceptors (Lipinski definition) is 3. The zero-order valence-electron chi connectivity index (χ0n) is 10.9. The molecule has 0 N–H and O–H groups in total. The van der Waals surface area contributed by atoms with Crippen molar-refractivity contribution in [2.45, 2.75) is 13.0 Å². The van der Waals surface area contributed by atoms with Crippen LogP contribution in [0.3, 0.4) is 0 Å². The van der Waals surface area contributed by atoms with Crippen molar-refractivity contribution in [3.8, 4) is 0 Å². The van der Waals surface area contributed by atoms with Crippen molar-refractivity contribution in [1.29, 1.82) is 0 Å². The van der Waals surface area contributed by atoms with Crippen LogP contribution >= 0.6 is 34.2 Å². The van der Waals surface area contributed by atoms with Crippen LogP contribution < -0.4 is 0 Å². The second kappa shape index (κ2) is 6.23. The lowest BCUT2D eigenvalue weighted by Gasteiger charge is -2.08. The normalized spacial score (nSPS) is 11.2. The van der Waals surface area contributed by atoms with Crippen molar-refractivity contribution < 1.29 is 4.39 Å². The lowest BCUT2D eigenvalue weighted by molar-refractivity contribution is 0.620. The molecule has 4 nitrogen and oxygen atoms in total. The molecule has 0 unspecified atom stereocenters. The molecule has 108 valence electrons. The summed E-state index contributed by atoms with van der Waals surface area (Å²) < 4.78 is 16.4. The zero-order valence-corrected chi connectivity index (χ0v) is 13.8. The SMILES string of the molecule is Fc1cc2c(cc1I)nc(CCCl)n2Cc1ccncn1. The van der Waals surface area contributed by atoms with E-state index in [1.165, 1.54) is 12.4 Å². The fourth-order valence-electron chi connectivity index (χ4n) is 2.20. The molecule has 3 rings (SSSR count). The first-order valence-electron chi connectivity index (χ1n) is 6.34. The predicted molar refractivity (Wildman–Crippen MR) is 88.0 cm³/mol. The van der Waals surface area contributed by atoms with Crippen LogP contribution in [-0.4, -0.2) is 25.4 Å². The molecule has 0 aliphatic carbocycles. The van der Waals surface area contributed by atoms with Crippen LogP contribution in [0.25, 0.3) is 11.0 Å². The van der Waals surface area contributed by atoms with Crippen molar-refractivity contribution in [2.75, 3.05) is 5.88 Å². The molecule has 2 aromatic heterocycles. The van der Waals surface area contributed by atoms with Gasteiger partial charge in [-0.25, -0.2) is 19.3 Å². The minimum Gasteiger partial charge on any atom is -0.322 e. The fourth-order valence-corrected chi connectivity index (χ4v) is 2.82. The maximum absolute atomic E-state index is 13.9. The average molecular weight is 417 g/mol. The summed E-state index contributed by atoms with van der Waals surface area (Å²) in [5.41, 5.74) is 2.38. The molecule has 0 atom stereocenters. The third-order valence-corrected chi connectivity index (χ3v) is 4.17. The van der Waals surface area contributed by atoms with E-state index in [0.717, 1.165) is 22.6 Å². The molecule has 0 spiro atoms. The molecule has 0 aliphatic heterocycles. The highest BCUT2D eigenvalue weighted by atomic mass is 127. The molecule has 0 saturated carbocycles. The molecule has 21 heavy (non-hydrogen) atoms. The van der Waals surface area contributed by atoms with Crippen LogP contribution in [0.2, 0.25) is 0 Å². The molecule has 7 heteroatoms. The van der Waals surface area contributed by atoms with E-state index >= 15 is 0 Å². The van der Waals surface area contributed by atoms with E-state index < -0.39 is 0 Å². The van der Waals surface area contributed by atoms with Gasteiger partial charge in [0, 0.05) is 24.6 Å². The summed E-state index contributed by atoms with van der Waals surface area (Å²) in [6, 6.07) is 5.10. The predicted octanol–water partition coefficient (Wildman–Crippen LogP) is 3.40. The number of halogens is 3. The van der Waals surface area contributed by atoms with Gasteiger partial charge in [-0.2, -0.15) is 0 Å². The lowest BCUT2D eigenvalue weighted by atomic mass is 10.3. The number of alkyl halides is 1. The first-order chi connectivity index (χ1) is 10.2. The van der Waals surface area contributed by atoms with E-state index in [-0.39, 0.29) is 5.82 Å². The van der Waals surface area contributed by atoms with Crippen LogP contribution in [0.5, 0.6) is 0 Å². The average Bonchev–Trinajstić information content (AvgIpc) is 2.79. The summed E-state index contributed by atoms with van der Waals surface area (Å²) >= 11 is 7.81. The van der Waals surface area contributed by atoms with Gasteiger partial charge in [0.2, 0.25) is 0 Å². The van der Waals surface area contributed by atoms with E-state index in [0.29, 0.717) is 22.4 Å². The molecule has 0 amide bonds. The summed E-state index contributed by atoms with van der Waals surface area (Å²) in [6.45, 7) is 0.519. The third kappa shape index (κ3) is 3.01. The van der Waals surface area contributed by atoms with Crippen LogP contribution in [0.15, 0.2) is 30.7 Å². The maximum Gasteiger partial charge on any atom is 0.138 e. The van der Waals surface area contributed by atoms with E-state index in [9.17, 15) is 4.39 Å². The third-order valence-electron chi connectivity index (χ3n) is 3.15.